The van der Waals surface area contributed by atoms with Crippen LogP contribution in [-0.2, 0) is 16.1 Å². The van der Waals surface area contributed by atoms with Gasteiger partial charge in [0, 0.05) is 19.6 Å². The number of fused-ring (bicyclic) bond motifs is 1. The second-order valence-electron chi connectivity index (χ2n) is 7.05. The molecule has 0 aliphatic carbocycles. The summed E-state index contributed by atoms with van der Waals surface area (Å²) < 4.78 is 8.35. The number of nitrogens with zero attached hydrogens (tertiary/aromatic N) is 3. The Morgan fingerprint density at radius 2 is 2.18 bits per heavy atom. The number of rotatable bonds is 6. The van der Waals surface area contributed by atoms with Crippen molar-refractivity contribution < 1.29 is 14.3 Å². The molecular formula is C20H27N3O3S2. The number of thiazole rings is 1. The standard InChI is InChI=1S/C20H27N3O3S2/c1-4-23-16-8-7-15(26-3)10-17(16)28-20(23)21-18(24)12-27-13-19(25)22-9-5-6-14(2)11-22/h7-8,10,14H,4-6,9,11-13H2,1-3H3. The summed E-state index contributed by atoms with van der Waals surface area (Å²) in [5.41, 5.74) is 1.04. The molecule has 1 atom stereocenters. The number of aromatic nitrogens is 1. The Bertz CT molecular complexity index is 919. The molecular weight excluding hydrogens is 394 g/mol. The first kappa shape index (κ1) is 20.9. The Morgan fingerprint density at radius 1 is 1.36 bits per heavy atom. The molecule has 0 spiro atoms. The minimum absolute atomic E-state index is 0.127. The van der Waals surface area contributed by atoms with Gasteiger partial charge < -0.3 is 14.2 Å². The van der Waals surface area contributed by atoms with Gasteiger partial charge in [0.1, 0.15) is 5.75 Å². The molecule has 1 aromatic carbocycles. The van der Waals surface area contributed by atoms with Crippen LogP contribution in [0.25, 0.3) is 10.2 Å². The Kier molecular flexibility index (Phi) is 7.18. The van der Waals surface area contributed by atoms with E-state index in [0.29, 0.717) is 16.5 Å². The Morgan fingerprint density at radius 3 is 2.89 bits per heavy atom. The molecule has 1 aliphatic rings. The fraction of sp³-hybridized carbons (Fsp3) is 0.550. The van der Waals surface area contributed by atoms with E-state index in [2.05, 4.69) is 11.9 Å². The normalized spacial score (nSPS) is 17.9. The molecule has 152 valence electrons. The number of amides is 2. The number of ether oxygens (including phenoxy) is 1. The van der Waals surface area contributed by atoms with Crippen molar-refractivity contribution in [2.24, 2.45) is 10.9 Å². The van der Waals surface area contributed by atoms with E-state index in [0.717, 1.165) is 42.0 Å². The molecule has 8 heteroatoms. The summed E-state index contributed by atoms with van der Waals surface area (Å²) in [7, 11) is 1.64. The van der Waals surface area contributed by atoms with Crippen LogP contribution < -0.4 is 9.54 Å². The Balaban J connectivity index is 1.63. The summed E-state index contributed by atoms with van der Waals surface area (Å²) in [5, 5.41) is 0. The predicted octanol–water partition coefficient (Wildman–Crippen LogP) is 3.15. The number of carbonyl (C=O) groups excluding carboxylic acids is 2. The maximum atomic E-state index is 12.3. The van der Waals surface area contributed by atoms with Crippen LogP contribution in [0.1, 0.15) is 26.7 Å². The molecule has 0 saturated carbocycles. The van der Waals surface area contributed by atoms with Gasteiger partial charge in [-0.15, -0.1) is 11.8 Å². The molecule has 1 saturated heterocycles. The fourth-order valence-electron chi connectivity index (χ4n) is 3.44. The molecule has 1 fully saturated rings. The number of benzene rings is 1. The van der Waals surface area contributed by atoms with Crippen molar-refractivity contribution in [3.63, 3.8) is 0 Å². The van der Waals surface area contributed by atoms with Gasteiger partial charge in [-0.3, -0.25) is 9.59 Å². The van der Waals surface area contributed by atoms with Crippen molar-refractivity contribution in [2.45, 2.75) is 33.2 Å². The van der Waals surface area contributed by atoms with E-state index < -0.39 is 0 Å². The van der Waals surface area contributed by atoms with Gasteiger partial charge in [-0.25, -0.2) is 0 Å². The average molecular weight is 422 g/mol. The van der Waals surface area contributed by atoms with E-state index in [4.69, 9.17) is 4.74 Å². The average Bonchev–Trinajstić information content (AvgIpc) is 3.03. The van der Waals surface area contributed by atoms with Crippen molar-refractivity contribution in [3.05, 3.63) is 23.0 Å². The van der Waals surface area contributed by atoms with E-state index in [1.54, 1.807) is 7.11 Å². The van der Waals surface area contributed by atoms with Crippen LogP contribution in [0.5, 0.6) is 5.75 Å². The SMILES string of the molecule is CCn1c(=NC(=O)CSCC(=O)N2CCCC(C)C2)sc2cc(OC)ccc21. The molecule has 1 aromatic heterocycles. The van der Waals surface area contributed by atoms with E-state index in [9.17, 15) is 9.59 Å². The monoisotopic (exact) mass is 421 g/mol. The van der Waals surface area contributed by atoms with Crippen molar-refractivity contribution in [3.8, 4) is 5.75 Å². The smallest absolute Gasteiger partial charge is 0.258 e. The van der Waals surface area contributed by atoms with Gasteiger partial charge in [0.15, 0.2) is 4.80 Å². The topological polar surface area (TPSA) is 63.9 Å². The number of hydrogen-bond donors (Lipinski definition) is 0. The number of hydrogen-bond acceptors (Lipinski definition) is 5. The Hall–Kier alpha value is -1.80. The third-order valence-electron chi connectivity index (χ3n) is 4.89. The third kappa shape index (κ3) is 4.97. The Labute approximate surface area is 173 Å². The van der Waals surface area contributed by atoms with Gasteiger partial charge in [-0.2, -0.15) is 4.99 Å². The summed E-state index contributed by atoms with van der Waals surface area (Å²) >= 11 is 2.83. The number of piperidine rings is 1. The summed E-state index contributed by atoms with van der Waals surface area (Å²) in [4.78, 5) is 31.6. The molecule has 0 radical (unpaired) electrons. The van der Waals surface area contributed by atoms with Crippen LogP contribution in [0, 0.1) is 5.92 Å². The van der Waals surface area contributed by atoms with Gasteiger partial charge in [0.05, 0.1) is 28.8 Å². The van der Waals surface area contributed by atoms with Crippen LogP contribution in [0.4, 0.5) is 0 Å². The number of carbonyl (C=O) groups is 2. The first-order chi connectivity index (χ1) is 13.5. The lowest BCUT2D eigenvalue weighted by Gasteiger charge is -2.30. The molecule has 1 unspecified atom stereocenters. The molecule has 6 nitrogen and oxygen atoms in total. The summed E-state index contributed by atoms with van der Waals surface area (Å²) in [6, 6.07) is 5.86. The van der Waals surface area contributed by atoms with E-state index in [1.807, 2.05) is 34.6 Å². The molecule has 28 heavy (non-hydrogen) atoms. The van der Waals surface area contributed by atoms with Gasteiger partial charge in [-0.05, 0) is 43.9 Å². The largest absolute Gasteiger partial charge is 0.497 e. The molecule has 1 aliphatic heterocycles. The highest BCUT2D eigenvalue weighted by Crippen LogP contribution is 2.23. The maximum absolute atomic E-state index is 12.3. The maximum Gasteiger partial charge on any atom is 0.258 e. The number of thioether (sulfide) groups is 1. The predicted molar refractivity (Wildman–Crippen MR) is 115 cm³/mol. The quantitative estimate of drug-likeness (QED) is 0.719. The van der Waals surface area contributed by atoms with Crippen LogP contribution in [0.15, 0.2) is 23.2 Å². The zero-order valence-electron chi connectivity index (χ0n) is 16.6. The minimum Gasteiger partial charge on any atom is -0.497 e. The number of methoxy groups -OCH3 is 1. The zero-order valence-corrected chi connectivity index (χ0v) is 18.3. The van der Waals surface area contributed by atoms with Gasteiger partial charge in [-0.1, -0.05) is 18.3 Å². The van der Waals surface area contributed by atoms with Crippen molar-refractivity contribution >= 4 is 45.1 Å². The van der Waals surface area contributed by atoms with Gasteiger partial charge in [0.2, 0.25) is 5.91 Å². The molecule has 2 heterocycles. The zero-order chi connectivity index (χ0) is 20.1. The van der Waals surface area contributed by atoms with Crippen LogP contribution in [0.2, 0.25) is 0 Å². The minimum atomic E-state index is -0.203. The second-order valence-corrected chi connectivity index (χ2v) is 9.04. The van der Waals surface area contributed by atoms with Crippen molar-refractivity contribution in [1.29, 1.82) is 0 Å². The van der Waals surface area contributed by atoms with E-state index >= 15 is 0 Å². The molecule has 2 amide bonds. The molecule has 3 rings (SSSR count). The van der Waals surface area contributed by atoms with Gasteiger partial charge in [0.25, 0.3) is 5.91 Å². The number of likely N-dealkylation sites (tertiary alicyclic amines) is 1. The molecule has 0 N–H and O–H groups in total. The molecule has 2 aromatic rings. The van der Waals surface area contributed by atoms with Crippen molar-refractivity contribution in [2.75, 3.05) is 31.7 Å². The van der Waals surface area contributed by atoms with Crippen LogP contribution >= 0.6 is 23.1 Å². The lowest BCUT2D eigenvalue weighted by Crippen LogP contribution is -2.40. The number of aryl methyl sites for hydroxylation is 1. The highest BCUT2D eigenvalue weighted by Gasteiger charge is 2.20. The first-order valence-electron chi connectivity index (χ1n) is 9.62. The second kappa shape index (κ2) is 9.60. The van der Waals surface area contributed by atoms with Crippen LogP contribution in [-0.4, -0.2) is 53.0 Å². The first-order valence-corrected chi connectivity index (χ1v) is 11.6. The third-order valence-corrected chi connectivity index (χ3v) is 6.83. The summed E-state index contributed by atoms with van der Waals surface area (Å²) in [6.07, 6.45) is 2.26. The van der Waals surface area contributed by atoms with E-state index in [-0.39, 0.29) is 17.6 Å². The summed E-state index contributed by atoms with van der Waals surface area (Å²) in [6.45, 7) is 6.62. The van der Waals surface area contributed by atoms with Crippen molar-refractivity contribution in [1.82, 2.24) is 9.47 Å². The highest BCUT2D eigenvalue weighted by molar-refractivity contribution is 8.00. The van der Waals surface area contributed by atoms with E-state index in [1.165, 1.54) is 29.5 Å². The lowest BCUT2D eigenvalue weighted by atomic mass is 10.0. The summed E-state index contributed by atoms with van der Waals surface area (Å²) in [5.74, 6) is 1.83. The fourth-order valence-corrected chi connectivity index (χ4v) is 5.28. The molecule has 0 bridgehead atoms. The highest BCUT2D eigenvalue weighted by atomic mass is 32.2. The lowest BCUT2D eigenvalue weighted by molar-refractivity contribution is -0.130. The van der Waals surface area contributed by atoms with Gasteiger partial charge >= 0.3 is 0 Å². The van der Waals surface area contributed by atoms with Crippen LogP contribution in [0.3, 0.4) is 0 Å².